The van der Waals surface area contributed by atoms with E-state index in [4.69, 9.17) is 4.74 Å². The Morgan fingerprint density at radius 3 is 3.38 bits per heavy atom. The van der Waals surface area contributed by atoms with Gasteiger partial charge in [0, 0.05) is 12.0 Å². The SMILES string of the molecule is COCNC(=O)NC1CCCc2sccc21. The lowest BCUT2D eigenvalue weighted by Gasteiger charge is -2.23. The summed E-state index contributed by atoms with van der Waals surface area (Å²) in [5, 5.41) is 7.70. The Morgan fingerprint density at radius 2 is 2.56 bits per heavy atom. The quantitative estimate of drug-likeness (QED) is 0.794. The lowest BCUT2D eigenvalue weighted by Crippen LogP contribution is -2.39. The average Bonchev–Trinajstić information content (AvgIpc) is 2.75. The number of hydrogen-bond donors (Lipinski definition) is 2. The van der Waals surface area contributed by atoms with Crippen LogP contribution in [0.15, 0.2) is 11.4 Å². The van der Waals surface area contributed by atoms with Gasteiger partial charge < -0.3 is 15.4 Å². The molecule has 0 bridgehead atoms. The first-order chi connectivity index (χ1) is 7.81. The summed E-state index contributed by atoms with van der Waals surface area (Å²) in [4.78, 5) is 12.9. The number of amides is 2. The van der Waals surface area contributed by atoms with Gasteiger partial charge in [-0.3, -0.25) is 0 Å². The van der Waals surface area contributed by atoms with Crippen LogP contribution in [-0.4, -0.2) is 19.9 Å². The van der Waals surface area contributed by atoms with Crippen LogP contribution in [0, 0.1) is 0 Å². The number of rotatable bonds is 3. The second-order valence-electron chi connectivity index (χ2n) is 3.83. The number of fused-ring (bicyclic) bond motifs is 1. The highest BCUT2D eigenvalue weighted by molar-refractivity contribution is 7.10. The molecule has 1 heterocycles. The van der Waals surface area contributed by atoms with E-state index in [0.29, 0.717) is 0 Å². The van der Waals surface area contributed by atoms with Crippen molar-refractivity contribution in [2.45, 2.75) is 25.3 Å². The van der Waals surface area contributed by atoms with Crippen LogP contribution in [0.3, 0.4) is 0 Å². The molecule has 2 amide bonds. The second-order valence-corrected chi connectivity index (χ2v) is 4.83. The van der Waals surface area contributed by atoms with E-state index in [1.807, 2.05) is 0 Å². The molecule has 1 aliphatic carbocycles. The van der Waals surface area contributed by atoms with Crippen LogP contribution >= 0.6 is 11.3 Å². The molecule has 1 aromatic heterocycles. The number of thiophene rings is 1. The predicted octanol–water partition coefficient (Wildman–Crippen LogP) is 2.03. The highest BCUT2D eigenvalue weighted by atomic mass is 32.1. The lowest BCUT2D eigenvalue weighted by molar-refractivity contribution is 0.171. The first-order valence-electron chi connectivity index (χ1n) is 5.41. The molecule has 0 saturated heterocycles. The molecule has 5 heteroatoms. The van der Waals surface area contributed by atoms with Crippen LogP contribution in [0.25, 0.3) is 0 Å². The largest absolute Gasteiger partial charge is 0.364 e. The molecule has 2 N–H and O–H groups in total. The molecule has 1 aliphatic rings. The number of hydrogen-bond acceptors (Lipinski definition) is 3. The van der Waals surface area contributed by atoms with Gasteiger partial charge in [-0.1, -0.05) is 0 Å². The van der Waals surface area contributed by atoms with E-state index in [0.717, 1.165) is 19.3 Å². The number of nitrogens with one attached hydrogen (secondary N) is 2. The number of aryl methyl sites for hydroxylation is 1. The Balaban J connectivity index is 1.94. The normalized spacial score (nSPS) is 18.9. The zero-order chi connectivity index (χ0) is 11.4. The van der Waals surface area contributed by atoms with Crippen molar-refractivity contribution < 1.29 is 9.53 Å². The molecular weight excluding hydrogens is 224 g/mol. The predicted molar refractivity (Wildman–Crippen MR) is 63.5 cm³/mol. The van der Waals surface area contributed by atoms with Crippen molar-refractivity contribution in [3.8, 4) is 0 Å². The van der Waals surface area contributed by atoms with E-state index < -0.39 is 0 Å². The molecule has 16 heavy (non-hydrogen) atoms. The van der Waals surface area contributed by atoms with E-state index in [9.17, 15) is 4.79 Å². The molecule has 0 spiro atoms. The topological polar surface area (TPSA) is 50.4 Å². The molecule has 0 aliphatic heterocycles. The van der Waals surface area contributed by atoms with Crippen molar-refractivity contribution in [1.82, 2.24) is 10.6 Å². The van der Waals surface area contributed by atoms with Gasteiger partial charge in [-0.25, -0.2) is 4.79 Å². The van der Waals surface area contributed by atoms with E-state index in [2.05, 4.69) is 22.1 Å². The standard InChI is InChI=1S/C11H16N2O2S/c1-15-7-12-11(14)13-9-3-2-4-10-8(9)5-6-16-10/h5-6,9H,2-4,7H2,1H3,(H2,12,13,14). The maximum atomic E-state index is 11.5. The maximum absolute atomic E-state index is 11.5. The molecule has 0 aromatic carbocycles. The van der Waals surface area contributed by atoms with Gasteiger partial charge in [0.05, 0.1) is 6.04 Å². The summed E-state index contributed by atoms with van der Waals surface area (Å²) >= 11 is 1.78. The fourth-order valence-electron chi connectivity index (χ4n) is 1.98. The Morgan fingerprint density at radius 1 is 1.69 bits per heavy atom. The minimum atomic E-state index is -0.161. The minimum absolute atomic E-state index is 0.159. The number of ether oxygens (including phenoxy) is 1. The zero-order valence-electron chi connectivity index (χ0n) is 9.29. The van der Waals surface area contributed by atoms with Crippen molar-refractivity contribution in [2.75, 3.05) is 13.8 Å². The minimum Gasteiger partial charge on any atom is -0.364 e. The summed E-state index contributed by atoms with van der Waals surface area (Å²) in [7, 11) is 1.55. The van der Waals surface area contributed by atoms with Gasteiger partial charge in [-0.15, -0.1) is 11.3 Å². The van der Waals surface area contributed by atoms with Crippen LogP contribution in [0.1, 0.15) is 29.3 Å². The highest BCUT2D eigenvalue weighted by Gasteiger charge is 2.22. The summed E-state index contributed by atoms with van der Waals surface area (Å²) < 4.78 is 4.79. The monoisotopic (exact) mass is 240 g/mol. The fraction of sp³-hybridized carbons (Fsp3) is 0.545. The van der Waals surface area contributed by atoms with Gasteiger partial charge in [0.25, 0.3) is 0 Å². The van der Waals surface area contributed by atoms with E-state index in [1.54, 1.807) is 18.4 Å². The molecule has 0 radical (unpaired) electrons. The molecular formula is C11H16N2O2S. The second kappa shape index (κ2) is 5.32. The number of urea groups is 1. The van der Waals surface area contributed by atoms with Crippen molar-refractivity contribution in [1.29, 1.82) is 0 Å². The Bertz CT molecular complexity index is 365. The molecule has 0 fully saturated rings. The van der Waals surface area contributed by atoms with Crippen molar-refractivity contribution in [3.63, 3.8) is 0 Å². The maximum Gasteiger partial charge on any atom is 0.317 e. The van der Waals surface area contributed by atoms with Crippen molar-refractivity contribution in [3.05, 3.63) is 21.9 Å². The first kappa shape index (κ1) is 11.4. The smallest absolute Gasteiger partial charge is 0.317 e. The molecule has 0 saturated carbocycles. The van der Waals surface area contributed by atoms with Gasteiger partial charge >= 0.3 is 6.03 Å². The third-order valence-corrected chi connectivity index (χ3v) is 3.73. The zero-order valence-corrected chi connectivity index (χ0v) is 10.1. The van der Waals surface area contributed by atoms with Gasteiger partial charge in [-0.05, 0) is 36.3 Å². The fourth-order valence-corrected chi connectivity index (χ4v) is 2.97. The van der Waals surface area contributed by atoms with Crippen LogP contribution < -0.4 is 10.6 Å². The molecule has 1 aromatic rings. The Kier molecular flexibility index (Phi) is 3.79. The third-order valence-electron chi connectivity index (χ3n) is 2.73. The summed E-state index contributed by atoms with van der Waals surface area (Å²) in [6.07, 6.45) is 3.30. The Labute approximate surface area is 99.0 Å². The molecule has 2 rings (SSSR count). The van der Waals surface area contributed by atoms with Crippen LogP contribution in [0.4, 0.5) is 4.79 Å². The first-order valence-corrected chi connectivity index (χ1v) is 6.29. The Hall–Kier alpha value is -1.07. The average molecular weight is 240 g/mol. The number of carbonyl (C=O) groups excluding carboxylic acids is 1. The van der Waals surface area contributed by atoms with Crippen LogP contribution in [0.2, 0.25) is 0 Å². The van der Waals surface area contributed by atoms with Crippen LogP contribution in [-0.2, 0) is 11.2 Å². The van der Waals surface area contributed by atoms with Gasteiger partial charge in [-0.2, -0.15) is 0 Å². The third kappa shape index (κ3) is 2.54. The highest BCUT2D eigenvalue weighted by Crippen LogP contribution is 2.32. The summed E-state index contributed by atoms with van der Waals surface area (Å²) in [5.74, 6) is 0. The molecule has 1 atom stereocenters. The molecule has 1 unspecified atom stereocenters. The van der Waals surface area contributed by atoms with E-state index in [-0.39, 0.29) is 18.8 Å². The van der Waals surface area contributed by atoms with E-state index >= 15 is 0 Å². The number of carbonyl (C=O) groups is 1. The molecule has 88 valence electrons. The number of methoxy groups -OCH3 is 1. The lowest BCUT2D eigenvalue weighted by atomic mass is 9.94. The van der Waals surface area contributed by atoms with Gasteiger partial charge in [0.2, 0.25) is 0 Å². The van der Waals surface area contributed by atoms with Gasteiger partial charge in [0.1, 0.15) is 6.73 Å². The van der Waals surface area contributed by atoms with E-state index in [1.165, 1.54) is 10.4 Å². The van der Waals surface area contributed by atoms with Crippen molar-refractivity contribution >= 4 is 17.4 Å². The molecule has 4 nitrogen and oxygen atoms in total. The summed E-state index contributed by atoms with van der Waals surface area (Å²) in [6, 6.07) is 2.11. The van der Waals surface area contributed by atoms with Crippen molar-refractivity contribution in [2.24, 2.45) is 0 Å². The van der Waals surface area contributed by atoms with Gasteiger partial charge in [0.15, 0.2) is 0 Å². The summed E-state index contributed by atoms with van der Waals surface area (Å²) in [6.45, 7) is 0.245. The van der Waals surface area contributed by atoms with Crippen LogP contribution in [0.5, 0.6) is 0 Å². The summed E-state index contributed by atoms with van der Waals surface area (Å²) in [5.41, 5.74) is 1.28.